The molecule has 0 radical (unpaired) electrons. The summed E-state index contributed by atoms with van der Waals surface area (Å²) in [5.74, 6) is 0.924. The lowest BCUT2D eigenvalue weighted by Crippen LogP contribution is -2.29. The van der Waals surface area contributed by atoms with Crippen LogP contribution in [0.5, 0.6) is 0 Å². The number of nitrogens with one attached hydrogen (secondary N) is 1. The number of aliphatic imine (C=N–C) groups is 1. The zero-order valence-electron chi connectivity index (χ0n) is 7.57. The molecule has 68 valence electrons. The van der Waals surface area contributed by atoms with Gasteiger partial charge in [0.1, 0.15) is 0 Å². The number of hydrogen-bond donors (Lipinski definition) is 1. The summed E-state index contributed by atoms with van der Waals surface area (Å²) in [6, 6.07) is 3.87. The Kier molecular flexibility index (Phi) is 2.12. The zero-order valence-corrected chi connectivity index (χ0v) is 7.57. The van der Waals surface area contributed by atoms with E-state index in [0.29, 0.717) is 0 Å². The summed E-state index contributed by atoms with van der Waals surface area (Å²) in [6.45, 7) is 1.86. The van der Waals surface area contributed by atoms with Crippen molar-refractivity contribution in [2.24, 2.45) is 4.99 Å². The average Bonchev–Trinajstić information content (AvgIpc) is 2.54. The molecule has 1 aliphatic heterocycles. The number of guanidine groups is 1. The fourth-order valence-corrected chi connectivity index (χ4v) is 1.23. The molecule has 4 nitrogen and oxygen atoms in total. The van der Waals surface area contributed by atoms with E-state index in [-0.39, 0.29) is 0 Å². The van der Waals surface area contributed by atoms with Crippen molar-refractivity contribution in [2.75, 3.05) is 25.5 Å². The number of anilines is 1. The molecule has 1 aliphatic rings. The van der Waals surface area contributed by atoms with Gasteiger partial charge in [-0.3, -0.25) is 9.98 Å². The topological polar surface area (TPSA) is 40.5 Å². The number of pyridine rings is 1. The molecule has 1 aromatic heterocycles. The quantitative estimate of drug-likeness (QED) is 0.688. The van der Waals surface area contributed by atoms with Gasteiger partial charge < -0.3 is 10.2 Å². The molecule has 1 aromatic rings. The molecule has 13 heavy (non-hydrogen) atoms. The van der Waals surface area contributed by atoms with E-state index >= 15 is 0 Å². The largest absolute Gasteiger partial charge is 0.344 e. The lowest BCUT2D eigenvalue weighted by molar-refractivity contribution is 0.555. The van der Waals surface area contributed by atoms with Crippen molar-refractivity contribution in [3.63, 3.8) is 0 Å². The van der Waals surface area contributed by atoms with Crippen LogP contribution in [0.2, 0.25) is 0 Å². The van der Waals surface area contributed by atoms with E-state index in [0.717, 1.165) is 24.7 Å². The molecule has 4 heteroatoms. The first kappa shape index (κ1) is 8.04. The van der Waals surface area contributed by atoms with E-state index in [1.807, 2.05) is 19.2 Å². The van der Waals surface area contributed by atoms with Crippen molar-refractivity contribution in [3.05, 3.63) is 24.5 Å². The molecular weight excluding hydrogens is 164 g/mol. The number of likely N-dealkylation sites (N-methyl/N-ethyl adjacent to an activating group) is 1. The van der Waals surface area contributed by atoms with Crippen LogP contribution in [0.4, 0.5) is 5.69 Å². The highest BCUT2D eigenvalue weighted by atomic mass is 15.3. The molecule has 0 saturated heterocycles. The van der Waals surface area contributed by atoms with Gasteiger partial charge >= 0.3 is 0 Å². The number of rotatable bonds is 1. The Morgan fingerprint density at radius 3 is 3.08 bits per heavy atom. The Balaban J connectivity index is 2.06. The minimum atomic E-state index is 0.874. The highest BCUT2D eigenvalue weighted by molar-refractivity contribution is 5.94. The standard InChI is InChI=1S/C9H12N4/c1-13-6-5-11-9(13)12-8-3-2-4-10-7-8/h2-4,7H,5-6H2,1H3,(H,11,12). The summed E-state index contributed by atoms with van der Waals surface area (Å²) < 4.78 is 0. The van der Waals surface area contributed by atoms with Crippen LogP contribution >= 0.6 is 0 Å². The molecule has 2 rings (SSSR count). The average molecular weight is 176 g/mol. The smallest absolute Gasteiger partial charge is 0.198 e. The van der Waals surface area contributed by atoms with Crippen molar-refractivity contribution >= 4 is 11.6 Å². The van der Waals surface area contributed by atoms with E-state index in [9.17, 15) is 0 Å². The molecule has 0 bridgehead atoms. The molecule has 0 fully saturated rings. The van der Waals surface area contributed by atoms with Crippen LogP contribution in [0.1, 0.15) is 0 Å². The summed E-state index contributed by atoms with van der Waals surface area (Å²) in [6.07, 6.45) is 3.54. The summed E-state index contributed by atoms with van der Waals surface area (Å²) in [4.78, 5) is 10.4. The van der Waals surface area contributed by atoms with Crippen molar-refractivity contribution in [1.29, 1.82) is 0 Å². The molecule has 0 spiro atoms. The highest BCUT2D eigenvalue weighted by Gasteiger charge is 2.11. The third kappa shape index (κ3) is 1.77. The van der Waals surface area contributed by atoms with Crippen LogP contribution in [0.25, 0.3) is 0 Å². The Morgan fingerprint density at radius 2 is 2.46 bits per heavy atom. The summed E-state index contributed by atoms with van der Waals surface area (Å²) >= 11 is 0. The fraction of sp³-hybridized carbons (Fsp3) is 0.333. The van der Waals surface area contributed by atoms with Gasteiger partial charge in [0, 0.05) is 19.8 Å². The van der Waals surface area contributed by atoms with Gasteiger partial charge in [0.05, 0.1) is 18.4 Å². The van der Waals surface area contributed by atoms with Gasteiger partial charge in [-0.25, -0.2) is 0 Å². The molecule has 0 amide bonds. The molecule has 2 heterocycles. The van der Waals surface area contributed by atoms with Gasteiger partial charge in [0.2, 0.25) is 0 Å². The Hall–Kier alpha value is -1.58. The van der Waals surface area contributed by atoms with Gasteiger partial charge in [-0.05, 0) is 12.1 Å². The number of hydrogen-bond acceptors (Lipinski definition) is 4. The van der Waals surface area contributed by atoms with E-state index in [1.165, 1.54) is 0 Å². The van der Waals surface area contributed by atoms with Crippen LogP contribution in [0, 0.1) is 0 Å². The summed E-state index contributed by atoms with van der Waals surface area (Å²) in [5.41, 5.74) is 0.981. The van der Waals surface area contributed by atoms with E-state index in [1.54, 1.807) is 12.4 Å². The van der Waals surface area contributed by atoms with Crippen LogP contribution in [0.3, 0.4) is 0 Å². The summed E-state index contributed by atoms with van der Waals surface area (Å²) in [5, 5.41) is 3.20. The third-order valence-electron chi connectivity index (χ3n) is 1.98. The minimum Gasteiger partial charge on any atom is -0.344 e. The van der Waals surface area contributed by atoms with Crippen molar-refractivity contribution in [2.45, 2.75) is 0 Å². The molecule has 0 aromatic carbocycles. The van der Waals surface area contributed by atoms with Gasteiger partial charge in [0.15, 0.2) is 5.96 Å². The third-order valence-corrected chi connectivity index (χ3v) is 1.98. The molecular formula is C9H12N4. The number of aromatic nitrogens is 1. The van der Waals surface area contributed by atoms with Gasteiger partial charge in [-0.1, -0.05) is 0 Å². The maximum Gasteiger partial charge on any atom is 0.198 e. The zero-order chi connectivity index (χ0) is 9.10. The normalized spacial score (nSPS) is 15.8. The lowest BCUT2D eigenvalue weighted by Gasteiger charge is -2.14. The first-order valence-electron chi connectivity index (χ1n) is 4.29. The molecule has 0 aliphatic carbocycles. The van der Waals surface area contributed by atoms with Crippen LogP contribution in [-0.4, -0.2) is 36.0 Å². The maximum absolute atomic E-state index is 4.32. The molecule has 1 N–H and O–H groups in total. The lowest BCUT2D eigenvalue weighted by atomic mass is 10.4. The molecule has 0 unspecified atom stereocenters. The van der Waals surface area contributed by atoms with E-state index < -0.39 is 0 Å². The Bertz CT molecular complexity index is 307. The van der Waals surface area contributed by atoms with Crippen molar-refractivity contribution in [3.8, 4) is 0 Å². The second-order valence-electron chi connectivity index (χ2n) is 2.99. The van der Waals surface area contributed by atoms with E-state index in [2.05, 4.69) is 20.2 Å². The van der Waals surface area contributed by atoms with Crippen LogP contribution in [0.15, 0.2) is 29.5 Å². The monoisotopic (exact) mass is 176 g/mol. The van der Waals surface area contributed by atoms with Crippen molar-refractivity contribution < 1.29 is 0 Å². The number of nitrogens with zero attached hydrogens (tertiary/aromatic N) is 3. The van der Waals surface area contributed by atoms with Crippen LogP contribution in [-0.2, 0) is 0 Å². The van der Waals surface area contributed by atoms with Crippen molar-refractivity contribution in [1.82, 2.24) is 9.88 Å². The van der Waals surface area contributed by atoms with Crippen LogP contribution < -0.4 is 5.32 Å². The first-order chi connectivity index (χ1) is 6.36. The van der Waals surface area contributed by atoms with Gasteiger partial charge in [-0.15, -0.1) is 0 Å². The predicted octanol–water partition coefficient (Wildman–Crippen LogP) is 0.795. The SMILES string of the molecule is CN1CCN=C1Nc1cccnc1. The van der Waals surface area contributed by atoms with Gasteiger partial charge in [0.25, 0.3) is 0 Å². The highest BCUT2D eigenvalue weighted by Crippen LogP contribution is 2.06. The Morgan fingerprint density at radius 1 is 1.54 bits per heavy atom. The second kappa shape index (κ2) is 3.43. The van der Waals surface area contributed by atoms with Gasteiger partial charge in [-0.2, -0.15) is 0 Å². The maximum atomic E-state index is 4.32. The molecule has 0 saturated carbocycles. The van der Waals surface area contributed by atoms with E-state index in [4.69, 9.17) is 0 Å². The predicted molar refractivity (Wildman–Crippen MR) is 52.8 cm³/mol. The fourth-order valence-electron chi connectivity index (χ4n) is 1.23. The second-order valence-corrected chi connectivity index (χ2v) is 2.99. The molecule has 0 atom stereocenters. The Labute approximate surface area is 77.3 Å². The summed E-state index contributed by atoms with van der Waals surface area (Å²) in [7, 11) is 2.02. The first-order valence-corrected chi connectivity index (χ1v) is 4.29. The minimum absolute atomic E-state index is 0.874.